The van der Waals surface area contributed by atoms with Crippen LogP contribution in [0.3, 0.4) is 0 Å². The van der Waals surface area contributed by atoms with Crippen molar-refractivity contribution in [2.75, 3.05) is 5.73 Å². The minimum Gasteiger partial charge on any atom is -0.383 e. The van der Waals surface area contributed by atoms with Gasteiger partial charge in [0.05, 0.1) is 11.8 Å². The fourth-order valence-electron chi connectivity index (χ4n) is 0.918. The van der Waals surface area contributed by atoms with Crippen LogP contribution in [0.25, 0.3) is 0 Å². The van der Waals surface area contributed by atoms with E-state index in [1.165, 1.54) is 13.1 Å². The predicted octanol–water partition coefficient (Wildman–Crippen LogP) is 0.688. The Kier molecular flexibility index (Phi) is 1.94. The maximum atomic E-state index is 10.9. The van der Waals surface area contributed by atoms with Crippen LogP contribution in [0.1, 0.15) is 24.2 Å². The minimum absolute atomic E-state index is 0.0396. The summed E-state index contributed by atoms with van der Waals surface area (Å²) in [5, 5.41) is 3.93. The maximum absolute atomic E-state index is 10.9. The zero-order valence-electron chi connectivity index (χ0n) is 6.66. The molecule has 0 unspecified atom stereocenters. The van der Waals surface area contributed by atoms with Gasteiger partial charge in [0.1, 0.15) is 5.82 Å². The molecule has 11 heavy (non-hydrogen) atoms. The van der Waals surface area contributed by atoms with E-state index in [4.69, 9.17) is 5.73 Å². The Morgan fingerprint density at radius 2 is 2.45 bits per heavy atom. The number of carbonyl (C=O) groups excluding carboxylic acids is 1. The highest BCUT2D eigenvalue weighted by molar-refractivity contribution is 5.98. The first-order valence-corrected chi connectivity index (χ1v) is 3.49. The van der Waals surface area contributed by atoms with Crippen LogP contribution in [0, 0.1) is 0 Å². The summed E-state index contributed by atoms with van der Waals surface area (Å²) in [6.07, 6.45) is 1.50. The van der Waals surface area contributed by atoms with E-state index in [1.54, 1.807) is 4.68 Å². The Balaban J connectivity index is 3.10. The Morgan fingerprint density at radius 1 is 1.82 bits per heavy atom. The molecule has 1 aromatic rings. The second kappa shape index (κ2) is 2.74. The highest BCUT2D eigenvalue weighted by Crippen LogP contribution is 2.10. The highest BCUT2D eigenvalue weighted by Gasteiger charge is 2.08. The first-order valence-electron chi connectivity index (χ1n) is 3.49. The van der Waals surface area contributed by atoms with E-state index in [2.05, 4.69) is 5.10 Å². The van der Waals surface area contributed by atoms with Crippen LogP contribution in [-0.4, -0.2) is 15.6 Å². The second-order valence-electron chi connectivity index (χ2n) is 2.32. The largest absolute Gasteiger partial charge is 0.383 e. The number of anilines is 1. The van der Waals surface area contributed by atoms with E-state index in [1.807, 2.05) is 6.92 Å². The van der Waals surface area contributed by atoms with Crippen LogP contribution in [0.2, 0.25) is 0 Å². The summed E-state index contributed by atoms with van der Waals surface area (Å²) in [5.41, 5.74) is 6.10. The number of aryl methyl sites for hydroxylation is 1. The van der Waals surface area contributed by atoms with Crippen molar-refractivity contribution in [1.29, 1.82) is 0 Å². The van der Waals surface area contributed by atoms with Gasteiger partial charge in [0.25, 0.3) is 0 Å². The fraction of sp³-hybridized carbons (Fsp3) is 0.429. The van der Waals surface area contributed by atoms with E-state index in [9.17, 15) is 4.79 Å². The van der Waals surface area contributed by atoms with Gasteiger partial charge in [-0.2, -0.15) is 5.10 Å². The van der Waals surface area contributed by atoms with Crippen molar-refractivity contribution in [3.05, 3.63) is 11.8 Å². The molecule has 0 saturated heterocycles. The third kappa shape index (κ3) is 1.24. The molecule has 1 heterocycles. The first-order chi connectivity index (χ1) is 5.16. The number of nitrogens with zero attached hydrogens (tertiary/aromatic N) is 2. The van der Waals surface area contributed by atoms with Gasteiger partial charge in [-0.3, -0.25) is 4.79 Å². The molecule has 4 nitrogen and oxygen atoms in total. The quantitative estimate of drug-likeness (QED) is 0.636. The van der Waals surface area contributed by atoms with Crippen molar-refractivity contribution >= 4 is 11.6 Å². The predicted molar refractivity (Wildman–Crippen MR) is 42.3 cm³/mol. The van der Waals surface area contributed by atoms with Gasteiger partial charge in [-0.05, 0) is 13.8 Å². The number of nitrogen functional groups attached to an aromatic ring is 1. The fourth-order valence-corrected chi connectivity index (χ4v) is 0.918. The Labute approximate surface area is 65.0 Å². The van der Waals surface area contributed by atoms with E-state index >= 15 is 0 Å². The van der Waals surface area contributed by atoms with E-state index in [-0.39, 0.29) is 5.78 Å². The van der Waals surface area contributed by atoms with Crippen molar-refractivity contribution in [3.63, 3.8) is 0 Å². The summed E-state index contributed by atoms with van der Waals surface area (Å²) in [4.78, 5) is 10.9. The minimum atomic E-state index is -0.0396. The smallest absolute Gasteiger partial charge is 0.165 e. The average Bonchev–Trinajstić information content (AvgIpc) is 2.30. The van der Waals surface area contributed by atoms with Crippen LogP contribution in [0.15, 0.2) is 6.20 Å². The lowest BCUT2D eigenvalue weighted by atomic mass is 10.2. The van der Waals surface area contributed by atoms with Gasteiger partial charge in [0.15, 0.2) is 5.78 Å². The van der Waals surface area contributed by atoms with Crippen LogP contribution in [-0.2, 0) is 6.54 Å². The van der Waals surface area contributed by atoms with Gasteiger partial charge in [0, 0.05) is 6.54 Å². The Bertz CT molecular complexity index is 277. The van der Waals surface area contributed by atoms with Crippen molar-refractivity contribution < 1.29 is 4.79 Å². The zero-order valence-corrected chi connectivity index (χ0v) is 6.66. The average molecular weight is 153 g/mol. The van der Waals surface area contributed by atoms with Gasteiger partial charge >= 0.3 is 0 Å². The lowest BCUT2D eigenvalue weighted by Crippen LogP contribution is -2.04. The topological polar surface area (TPSA) is 60.9 Å². The molecule has 1 rings (SSSR count). The van der Waals surface area contributed by atoms with Gasteiger partial charge in [0.2, 0.25) is 0 Å². The SMILES string of the molecule is CCn1ncc(C(C)=O)c1N. The Morgan fingerprint density at radius 3 is 2.73 bits per heavy atom. The molecule has 0 bridgehead atoms. The molecule has 0 aromatic carbocycles. The van der Waals surface area contributed by atoms with Gasteiger partial charge in [-0.25, -0.2) is 4.68 Å². The molecule has 60 valence electrons. The summed E-state index contributed by atoms with van der Waals surface area (Å²) in [6.45, 7) is 4.10. The molecule has 0 fully saturated rings. The number of Topliss-reactive ketones (excluding diaryl/α,β-unsaturated/α-hetero) is 1. The molecule has 0 aliphatic carbocycles. The lowest BCUT2D eigenvalue weighted by molar-refractivity contribution is 0.101. The summed E-state index contributed by atoms with van der Waals surface area (Å²) >= 11 is 0. The molecular weight excluding hydrogens is 142 g/mol. The molecule has 1 aromatic heterocycles. The molecule has 4 heteroatoms. The summed E-state index contributed by atoms with van der Waals surface area (Å²) in [6, 6.07) is 0. The number of carbonyl (C=O) groups is 1. The molecule has 0 spiro atoms. The number of ketones is 1. The number of aromatic nitrogens is 2. The van der Waals surface area contributed by atoms with Crippen molar-refractivity contribution in [3.8, 4) is 0 Å². The van der Waals surface area contributed by atoms with Gasteiger partial charge in [-0.15, -0.1) is 0 Å². The first kappa shape index (κ1) is 7.78. The number of hydrogen-bond donors (Lipinski definition) is 1. The van der Waals surface area contributed by atoms with Crippen molar-refractivity contribution in [2.24, 2.45) is 0 Å². The molecule has 0 atom stereocenters. The van der Waals surface area contributed by atoms with Crippen molar-refractivity contribution in [1.82, 2.24) is 9.78 Å². The van der Waals surface area contributed by atoms with Crippen LogP contribution in [0.4, 0.5) is 5.82 Å². The Hall–Kier alpha value is -1.32. The van der Waals surface area contributed by atoms with E-state index < -0.39 is 0 Å². The van der Waals surface area contributed by atoms with Gasteiger partial charge < -0.3 is 5.73 Å². The number of rotatable bonds is 2. The maximum Gasteiger partial charge on any atom is 0.165 e. The molecule has 0 aliphatic heterocycles. The molecule has 0 radical (unpaired) electrons. The summed E-state index contributed by atoms with van der Waals surface area (Å²) in [5.74, 6) is 0.419. The molecule has 0 amide bonds. The third-order valence-corrected chi connectivity index (χ3v) is 1.56. The van der Waals surface area contributed by atoms with Gasteiger partial charge in [-0.1, -0.05) is 0 Å². The molecule has 0 aliphatic rings. The summed E-state index contributed by atoms with van der Waals surface area (Å²) < 4.78 is 1.59. The van der Waals surface area contributed by atoms with Crippen molar-refractivity contribution in [2.45, 2.75) is 20.4 Å². The third-order valence-electron chi connectivity index (χ3n) is 1.56. The van der Waals surface area contributed by atoms with E-state index in [0.29, 0.717) is 17.9 Å². The van der Waals surface area contributed by atoms with Crippen LogP contribution >= 0.6 is 0 Å². The lowest BCUT2D eigenvalue weighted by Gasteiger charge is -1.98. The van der Waals surface area contributed by atoms with E-state index in [0.717, 1.165) is 0 Å². The second-order valence-corrected chi connectivity index (χ2v) is 2.32. The monoisotopic (exact) mass is 153 g/mol. The normalized spacial score (nSPS) is 10.0. The number of hydrogen-bond acceptors (Lipinski definition) is 3. The number of nitrogens with two attached hydrogens (primary N) is 1. The highest BCUT2D eigenvalue weighted by atomic mass is 16.1. The molecule has 0 saturated carbocycles. The molecule has 2 N–H and O–H groups in total. The summed E-state index contributed by atoms with van der Waals surface area (Å²) in [7, 11) is 0. The van der Waals surface area contributed by atoms with Crippen LogP contribution in [0.5, 0.6) is 0 Å². The standard InChI is InChI=1S/C7H11N3O/c1-3-10-7(8)6(4-9-10)5(2)11/h4H,3,8H2,1-2H3. The van der Waals surface area contributed by atoms with Crippen LogP contribution < -0.4 is 5.73 Å². The molecular formula is C7H11N3O. The zero-order chi connectivity index (χ0) is 8.43.